The zero-order valence-electron chi connectivity index (χ0n) is 19.9. The number of aromatic nitrogens is 1. The van der Waals surface area contributed by atoms with Crippen molar-refractivity contribution in [2.45, 2.75) is 31.8 Å². The van der Waals surface area contributed by atoms with Crippen molar-refractivity contribution in [2.24, 2.45) is 0 Å². The Balaban J connectivity index is 1.58. The van der Waals surface area contributed by atoms with Crippen LogP contribution in [0, 0.1) is 0 Å². The van der Waals surface area contributed by atoms with Crippen LogP contribution in [0.3, 0.4) is 0 Å². The molecule has 35 heavy (non-hydrogen) atoms. The Labute approximate surface area is 203 Å². The van der Waals surface area contributed by atoms with E-state index in [9.17, 15) is 19.2 Å². The van der Waals surface area contributed by atoms with Crippen molar-refractivity contribution in [1.82, 2.24) is 14.4 Å². The van der Waals surface area contributed by atoms with Crippen LogP contribution in [0.25, 0.3) is 0 Å². The van der Waals surface area contributed by atoms with E-state index in [0.29, 0.717) is 43.9 Å². The van der Waals surface area contributed by atoms with Crippen molar-refractivity contribution in [3.63, 3.8) is 0 Å². The van der Waals surface area contributed by atoms with Crippen molar-refractivity contribution in [3.05, 3.63) is 58.0 Å². The van der Waals surface area contributed by atoms with Gasteiger partial charge in [-0.1, -0.05) is 18.2 Å². The number of likely N-dealkylation sites (tertiary alicyclic amines) is 1. The van der Waals surface area contributed by atoms with Gasteiger partial charge in [0.1, 0.15) is 23.1 Å². The third-order valence-corrected chi connectivity index (χ3v) is 6.47. The number of esters is 1. The smallest absolute Gasteiger partial charge is 0.328 e. The zero-order valence-corrected chi connectivity index (χ0v) is 19.9. The van der Waals surface area contributed by atoms with E-state index < -0.39 is 12.0 Å². The van der Waals surface area contributed by atoms with Gasteiger partial charge in [-0.25, -0.2) is 4.79 Å². The van der Waals surface area contributed by atoms with Gasteiger partial charge in [-0.3, -0.25) is 14.4 Å². The molecule has 0 unspecified atom stereocenters. The predicted molar refractivity (Wildman–Crippen MR) is 126 cm³/mol. The molecule has 0 saturated carbocycles. The minimum Gasteiger partial charge on any atom is -0.496 e. The van der Waals surface area contributed by atoms with Crippen LogP contribution in [0.4, 0.5) is 0 Å². The normalized spacial score (nSPS) is 17.4. The van der Waals surface area contributed by atoms with Crippen molar-refractivity contribution >= 4 is 17.8 Å². The number of benzene rings is 1. The summed E-state index contributed by atoms with van der Waals surface area (Å²) >= 11 is 0. The van der Waals surface area contributed by atoms with E-state index >= 15 is 0 Å². The van der Waals surface area contributed by atoms with Gasteiger partial charge < -0.3 is 28.6 Å². The number of hydrogen-bond acceptors (Lipinski definition) is 7. The zero-order chi connectivity index (χ0) is 24.9. The lowest BCUT2D eigenvalue weighted by atomic mass is 10.1. The summed E-state index contributed by atoms with van der Waals surface area (Å²) in [6.07, 6.45) is 1.47. The van der Waals surface area contributed by atoms with E-state index in [1.54, 1.807) is 17.0 Å². The number of carbonyl (C=O) groups excluding carboxylic acids is 3. The second-order valence-corrected chi connectivity index (χ2v) is 8.44. The number of hydrogen-bond donors (Lipinski definition) is 0. The molecule has 1 saturated heterocycles. The molecular formula is C25H29N3O7. The molecule has 3 heterocycles. The molecule has 0 spiro atoms. The molecule has 2 amide bonds. The number of carbonyl (C=O) groups is 3. The van der Waals surface area contributed by atoms with Gasteiger partial charge in [-0.05, 0) is 25.0 Å². The molecule has 1 aromatic carbocycles. The third kappa shape index (κ3) is 5.01. The lowest BCUT2D eigenvalue weighted by Crippen LogP contribution is -2.42. The Hall–Kier alpha value is -3.82. The third-order valence-electron chi connectivity index (χ3n) is 6.47. The molecule has 2 aromatic rings. The number of amides is 2. The first kappa shape index (κ1) is 24.3. The van der Waals surface area contributed by atoms with Crippen molar-refractivity contribution in [2.75, 3.05) is 40.5 Å². The average molecular weight is 484 g/mol. The Morgan fingerprint density at radius 1 is 1.03 bits per heavy atom. The Bertz CT molecular complexity index is 1160. The molecule has 1 fully saturated rings. The summed E-state index contributed by atoms with van der Waals surface area (Å²) in [6.45, 7) is 1.12. The SMILES string of the molecule is COC(=O)[C@@H]1CCCN1C(=O)c1c(OC)cc(=O)n2c1CCN(C(=O)COc1ccccc1)CC2. The first-order chi connectivity index (χ1) is 16.9. The molecule has 0 bridgehead atoms. The number of ether oxygens (including phenoxy) is 3. The summed E-state index contributed by atoms with van der Waals surface area (Å²) in [5, 5.41) is 0. The fraction of sp³-hybridized carbons (Fsp3) is 0.440. The van der Waals surface area contributed by atoms with Crippen molar-refractivity contribution in [1.29, 1.82) is 0 Å². The van der Waals surface area contributed by atoms with Crippen LogP contribution in [0.1, 0.15) is 28.9 Å². The Kier molecular flexibility index (Phi) is 7.38. The summed E-state index contributed by atoms with van der Waals surface area (Å²) in [7, 11) is 2.70. The second-order valence-electron chi connectivity index (χ2n) is 8.44. The van der Waals surface area contributed by atoms with Gasteiger partial charge in [0.2, 0.25) is 0 Å². The first-order valence-corrected chi connectivity index (χ1v) is 11.6. The van der Waals surface area contributed by atoms with Crippen molar-refractivity contribution in [3.8, 4) is 11.5 Å². The highest BCUT2D eigenvalue weighted by atomic mass is 16.5. The van der Waals surface area contributed by atoms with Crippen LogP contribution in [-0.4, -0.2) is 78.7 Å². The highest BCUT2D eigenvalue weighted by Crippen LogP contribution is 2.28. The van der Waals surface area contributed by atoms with Gasteiger partial charge in [0.05, 0.1) is 14.2 Å². The van der Waals surface area contributed by atoms with E-state index in [-0.39, 0.29) is 48.3 Å². The van der Waals surface area contributed by atoms with Crippen LogP contribution in [0.5, 0.6) is 11.5 Å². The topological polar surface area (TPSA) is 107 Å². The Morgan fingerprint density at radius 3 is 2.51 bits per heavy atom. The molecule has 2 aliphatic heterocycles. The quantitative estimate of drug-likeness (QED) is 0.566. The summed E-state index contributed by atoms with van der Waals surface area (Å²) in [5.41, 5.74) is 0.432. The number of nitrogens with zero attached hydrogens (tertiary/aromatic N) is 3. The molecule has 1 atom stereocenters. The molecule has 4 rings (SSSR count). The van der Waals surface area contributed by atoms with Crippen LogP contribution in [-0.2, 0) is 27.3 Å². The van der Waals surface area contributed by atoms with E-state index in [0.717, 1.165) is 0 Å². The molecule has 1 aromatic heterocycles. The molecule has 0 aliphatic carbocycles. The van der Waals surface area contributed by atoms with Gasteiger partial charge in [0.25, 0.3) is 17.4 Å². The van der Waals surface area contributed by atoms with Gasteiger partial charge >= 0.3 is 5.97 Å². The van der Waals surface area contributed by atoms with Gasteiger partial charge in [-0.15, -0.1) is 0 Å². The highest BCUT2D eigenvalue weighted by molar-refractivity contribution is 6.00. The summed E-state index contributed by atoms with van der Waals surface area (Å²) in [6, 6.07) is 9.67. The fourth-order valence-electron chi connectivity index (χ4n) is 4.68. The molecule has 10 heteroatoms. The van der Waals surface area contributed by atoms with Crippen LogP contribution >= 0.6 is 0 Å². The first-order valence-electron chi connectivity index (χ1n) is 11.6. The summed E-state index contributed by atoms with van der Waals surface area (Å²) in [4.78, 5) is 54.7. The molecule has 2 aliphatic rings. The van der Waals surface area contributed by atoms with Gasteiger partial charge in [0.15, 0.2) is 6.61 Å². The number of para-hydroxylation sites is 1. The van der Waals surface area contributed by atoms with Crippen LogP contribution in [0.2, 0.25) is 0 Å². The number of rotatable bonds is 6. The average Bonchev–Trinajstić information content (AvgIpc) is 3.27. The minimum atomic E-state index is -0.677. The van der Waals surface area contributed by atoms with Gasteiger partial charge in [0, 0.05) is 44.4 Å². The molecule has 186 valence electrons. The monoisotopic (exact) mass is 483 g/mol. The van der Waals surface area contributed by atoms with E-state index in [4.69, 9.17) is 14.2 Å². The number of methoxy groups -OCH3 is 2. The lowest BCUT2D eigenvalue weighted by molar-refractivity contribution is -0.145. The maximum atomic E-state index is 13.6. The lowest BCUT2D eigenvalue weighted by Gasteiger charge is -2.25. The Morgan fingerprint density at radius 2 is 1.80 bits per heavy atom. The molecule has 10 nitrogen and oxygen atoms in total. The standard InChI is InChI=1S/C25H29N3O7/c1-33-20-15-21(29)27-14-13-26(22(30)16-35-17-7-4-3-5-8-17)12-10-18(27)23(20)24(31)28-11-6-9-19(28)25(32)34-2/h3-5,7-8,15,19H,6,9-14,16H2,1-2H3/t19-/m0/s1. The summed E-state index contributed by atoms with van der Waals surface area (Å²) < 4.78 is 17.4. The van der Waals surface area contributed by atoms with Crippen LogP contribution in [0.15, 0.2) is 41.2 Å². The van der Waals surface area contributed by atoms with E-state index in [2.05, 4.69) is 0 Å². The highest BCUT2D eigenvalue weighted by Gasteiger charge is 2.38. The fourth-order valence-corrected chi connectivity index (χ4v) is 4.68. The summed E-state index contributed by atoms with van der Waals surface area (Å²) in [5.74, 6) is -0.303. The van der Waals surface area contributed by atoms with Gasteiger partial charge in [-0.2, -0.15) is 0 Å². The number of pyridine rings is 1. The molecular weight excluding hydrogens is 454 g/mol. The van der Waals surface area contributed by atoms with E-state index in [1.807, 2.05) is 18.2 Å². The number of fused-ring (bicyclic) bond motifs is 1. The minimum absolute atomic E-state index is 0.126. The van der Waals surface area contributed by atoms with Crippen LogP contribution < -0.4 is 15.0 Å². The largest absolute Gasteiger partial charge is 0.496 e. The maximum absolute atomic E-state index is 13.6. The molecule has 0 N–H and O–H groups in total. The van der Waals surface area contributed by atoms with Crippen molar-refractivity contribution < 1.29 is 28.6 Å². The second kappa shape index (κ2) is 10.6. The predicted octanol–water partition coefficient (Wildman–Crippen LogP) is 1.10. The maximum Gasteiger partial charge on any atom is 0.328 e. The van der Waals surface area contributed by atoms with E-state index in [1.165, 1.54) is 29.8 Å². The molecule has 0 radical (unpaired) electrons.